The Kier molecular flexibility index (Phi) is 7.30. The maximum Gasteiger partial charge on any atom is 0.138 e. The van der Waals surface area contributed by atoms with Crippen LogP contribution in [-0.2, 0) is 6.42 Å². The Morgan fingerprint density at radius 1 is 0.731 bits per heavy atom. The minimum atomic E-state index is 0.959. The molecule has 2 nitrogen and oxygen atoms in total. The van der Waals surface area contributed by atoms with Crippen LogP contribution < -0.4 is 0 Å². The largest absolute Gasteiger partial charge is 0.338 e. The molecular formula is C24H32N2. The Morgan fingerprint density at radius 2 is 1.38 bits per heavy atom. The number of nitrogens with zero attached hydrogens (tertiary/aromatic N) is 1. The minimum Gasteiger partial charge on any atom is -0.338 e. The zero-order chi connectivity index (χ0) is 18.0. The van der Waals surface area contributed by atoms with Gasteiger partial charge in [0.15, 0.2) is 0 Å². The fourth-order valence-electron chi connectivity index (χ4n) is 3.56. The van der Waals surface area contributed by atoms with Gasteiger partial charge in [-0.15, -0.1) is 0 Å². The molecule has 1 aromatic heterocycles. The number of aryl methyl sites for hydroxylation is 1. The maximum atomic E-state index is 4.68. The second-order valence-electron chi connectivity index (χ2n) is 7.38. The molecule has 0 aliphatic carbocycles. The van der Waals surface area contributed by atoms with Crippen molar-refractivity contribution in [1.29, 1.82) is 0 Å². The highest BCUT2D eigenvalue weighted by atomic mass is 14.9. The summed E-state index contributed by atoms with van der Waals surface area (Å²) in [5.41, 5.74) is 4.73. The Bertz CT molecular complexity index is 737. The number of aromatic amines is 1. The van der Waals surface area contributed by atoms with Gasteiger partial charge in [0.1, 0.15) is 5.82 Å². The van der Waals surface area contributed by atoms with Crippen LogP contribution >= 0.6 is 0 Å². The Morgan fingerprint density at radius 3 is 2.08 bits per heavy atom. The summed E-state index contributed by atoms with van der Waals surface area (Å²) in [6.07, 6.45) is 13.7. The molecule has 1 heterocycles. The van der Waals surface area contributed by atoms with Crippen LogP contribution in [0.3, 0.4) is 0 Å². The molecule has 26 heavy (non-hydrogen) atoms. The summed E-state index contributed by atoms with van der Waals surface area (Å²) < 4.78 is 0. The number of imidazole rings is 1. The summed E-state index contributed by atoms with van der Waals surface area (Å²) >= 11 is 0. The van der Waals surface area contributed by atoms with Crippen LogP contribution in [0, 0.1) is 0 Å². The lowest BCUT2D eigenvalue weighted by molar-refractivity contribution is 0.565. The molecule has 0 spiro atoms. The van der Waals surface area contributed by atoms with Crippen molar-refractivity contribution >= 4 is 11.0 Å². The first-order chi connectivity index (χ1) is 12.9. The molecule has 2 aromatic carbocycles. The Labute approximate surface area is 158 Å². The number of rotatable bonds is 11. The van der Waals surface area contributed by atoms with Crippen LogP contribution in [0.2, 0.25) is 0 Å². The number of nitrogens with one attached hydrogen (secondary N) is 1. The van der Waals surface area contributed by atoms with E-state index in [1.54, 1.807) is 0 Å². The van der Waals surface area contributed by atoms with Crippen molar-refractivity contribution in [2.45, 2.75) is 71.1 Å². The van der Waals surface area contributed by atoms with Gasteiger partial charge < -0.3 is 4.98 Å². The normalized spacial score (nSPS) is 11.3. The number of para-hydroxylation sites is 2. The van der Waals surface area contributed by atoms with Crippen molar-refractivity contribution in [2.24, 2.45) is 0 Å². The standard InChI is InChI=1S/C24H32N2/c1-2-3-4-5-6-7-8-9-10-13-20-16-18-21(19-17-20)24-25-22-14-11-12-15-23(22)26-24/h11-12,14-19H,2-10,13H2,1H3,(H,25,26). The third-order valence-corrected chi connectivity index (χ3v) is 5.19. The van der Waals surface area contributed by atoms with Gasteiger partial charge in [0.2, 0.25) is 0 Å². The van der Waals surface area contributed by atoms with Gasteiger partial charge in [-0.3, -0.25) is 0 Å². The van der Waals surface area contributed by atoms with E-state index >= 15 is 0 Å². The van der Waals surface area contributed by atoms with E-state index in [4.69, 9.17) is 0 Å². The van der Waals surface area contributed by atoms with E-state index < -0.39 is 0 Å². The van der Waals surface area contributed by atoms with Crippen LogP contribution in [0.15, 0.2) is 48.5 Å². The Balaban J connectivity index is 1.39. The first kappa shape index (κ1) is 18.7. The fraction of sp³-hybridized carbons (Fsp3) is 0.458. The summed E-state index contributed by atoms with van der Waals surface area (Å²) in [6, 6.07) is 17.1. The number of hydrogen-bond acceptors (Lipinski definition) is 1. The van der Waals surface area contributed by atoms with E-state index in [1.165, 1.54) is 69.8 Å². The summed E-state index contributed by atoms with van der Waals surface area (Å²) in [7, 11) is 0. The molecule has 0 aliphatic heterocycles. The van der Waals surface area contributed by atoms with Crippen molar-refractivity contribution in [3.8, 4) is 11.4 Å². The van der Waals surface area contributed by atoms with Gasteiger partial charge in [0, 0.05) is 5.56 Å². The molecule has 0 atom stereocenters. The van der Waals surface area contributed by atoms with E-state index in [0.717, 1.165) is 22.4 Å². The molecule has 0 aliphatic rings. The molecule has 0 unspecified atom stereocenters. The molecule has 0 fully saturated rings. The zero-order valence-corrected chi connectivity index (χ0v) is 16.1. The summed E-state index contributed by atoms with van der Waals surface area (Å²) in [4.78, 5) is 8.08. The number of fused-ring (bicyclic) bond motifs is 1. The number of benzene rings is 2. The third-order valence-electron chi connectivity index (χ3n) is 5.19. The summed E-state index contributed by atoms with van der Waals surface area (Å²) in [5.74, 6) is 0.959. The number of H-pyrrole nitrogens is 1. The van der Waals surface area contributed by atoms with E-state index in [0.29, 0.717) is 0 Å². The molecule has 0 amide bonds. The number of unbranched alkanes of at least 4 members (excludes halogenated alkanes) is 8. The van der Waals surface area contributed by atoms with Gasteiger partial charge in [-0.05, 0) is 30.5 Å². The van der Waals surface area contributed by atoms with Crippen LogP contribution in [0.25, 0.3) is 22.4 Å². The quantitative estimate of drug-likeness (QED) is 0.362. The predicted octanol–water partition coefficient (Wildman–Crippen LogP) is 7.30. The highest BCUT2D eigenvalue weighted by molar-refractivity contribution is 5.79. The smallest absolute Gasteiger partial charge is 0.138 e. The molecule has 0 bridgehead atoms. The summed E-state index contributed by atoms with van der Waals surface area (Å²) in [6.45, 7) is 2.28. The fourth-order valence-corrected chi connectivity index (χ4v) is 3.56. The lowest BCUT2D eigenvalue weighted by Crippen LogP contribution is -1.88. The van der Waals surface area contributed by atoms with Crippen molar-refractivity contribution in [3.63, 3.8) is 0 Å². The Hall–Kier alpha value is -2.09. The lowest BCUT2D eigenvalue weighted by Gasteiger charge is -2.04. The highest BCUT2D eigenvalue weighted by Gasteiger charge is 2.04. The van der Waals surface area contributed by atoms with Crippen molar-refractivity contribution < 1.29 is 0 Å². The van der Waals surface area contributed by atoms with Gasteiger partial charge in [-0.1, -0.05) is 94.7 Å². The van der Waals surface area contributed by atoms with Gasteiger partial charge >= 0.3 is 0 Å². The van der Waals surface area contributed by atoms with E-state index in [-0.39, 0.29) is 0 Å². The first-order valence-corrected chi connectivity index (χ1v) is 10.4. The van der Waals surface area contributed by atoms with Crippen molar-refractivity contribution in [1.82, 2.24) is 9.97 Å². The number of hydrogen-bond donors (Lipinski definition) is 1. The van der Waals surface area contributed by atoms with Crippen molar-refractivity contribution in [2.75, 3.05) is 0 Å². The van der Waals surface area contributed by atoms with E-state index in [9.17, 15) is 0 Å². The topological polar surface area (TPSA) is 28.7 Å². The third kappa shape index (κ3) is 5.45. The molecule has 138 valence electrons. The average molecular weight is 349 g/mol. The molecule has 3 rings (SSSR count). The predicted molar refractivity (Wildman–Crippen MR) is 112 cm³/mol. The molecule has 3 aromatic rings. The highest BCUT2D eigenvalue weighted by Crippen LogP contribution is 2.21. The maximum absolute atomic E-state index is 4.68. The second-order valence-corrected chi connectivity index (χ2v) is 7.38. The SMILES string of the molecule is CCCCCCCCCCCc1ccc(-c2nc3ccccc3[nH]2)cc1. The van der Waals surface area contributed by atoms with Crippen LogP contribution in [-0.4, -0.2) is 9.97 Å². The van der Waals surface area contributed by atoms with Gasteiger partial charge in [0.05, 0.1) is 11.0 Å². The van der Waals surface area contributed by atoms with E-state index in [2.05, 4.69) is 47.2 Å². The van der Waals surface area contributed by atoms with Gasteiger partial charge in [0.25, 0.3) is 0 Å². The second kappa shape index (κ2) is 10.2. The lowest BCUT2D eigenvalue weighted by atomic mass is 10.0. The zero-order valence-electron chi connectivity index (χ0n) is 16.1. The van der Waals surface area contributed by atoms with Gasteiger partial charge in [-0.25, -0.2) is 4.98 Å². The monoisotopic (exact) mass is 348 g/mol. The number of aromatic nitrogens is 2. The molecule has 1 N–H and O–H groups in total. The average Bonchev–Trinajstić information content (AvgIpc) is 3.11. The molecular weight excluding hydrogens is 316 g/mol. The van der Waals surface area contributed by atoms with Crippen LogP contribution in [0.1, 0.15) is 70.3 Å². The first-order valence-electron chi connectivity index (χ1n) is 10.4. The summed E-state index contributed by atoms with van der Waals surface area (Å²) in [5, 5.41) is 0. The van der Waals surface area contributed by atoms with Crippen LogP contribution in [0.4, 0.5) is 0 Å². The van der Waals surface area contributed by atoms with E-state index in [1.807, 2.05) is 18.2 Å². The minimum absolute atomic E-state index is 0.959. The van der Waals surface area contributed by atoms with Crippen molar-refractivity contribution in [3.05, 3.63) is 54.1 Å². The molecule has 0 saturated heterocycles. The molecule has 0 radical (unpaired) electrons. The molecule has 2 heteroatoms. The van der Waals surface area contributed by atoms with Crippen LogP contribution in [0.5, 0.6) is 0 Å². The van der Waals surface area contributed by atoms with Gasteiger partial charge in [-0.2, -0.15) is 0 Å². The molecule has 0 saturated carbocycles.